The zero-order valence-corrected chi connectivity index (χ0v) is 13.7. The van der Waals surface area contributed by atoms with Crippen LogP contribution in [-0.4, -0.2) is 20.6 Å². The van der Waals surface area contributed by atoms with Gasteiger partial charge in [-0.05, 0) is 30.5 Å². The van der Waals surface area contributed by atoms with Gasteiger partial charge in [-0.15, -0.1) is 11.3 Å². The van der Waals surface area contributed by atoms with Crippen molar-refractivity contribution in [2.45, 2.75) is 26.8 Å². The molecular formula is C17H16N2O3S. The Bertz CT molecular complexity index is 956. The summed E-state index contributed by atoms with van der Waals surface area (Å²) in [6.07, 6.45) is 2.27. The first-order chi connectivity index (χ1) is 11.0. The van der Waals surface area contributed by atoms with E-state index in [9.17, 15) is 14.7 Å². The molecule has 0 aliphatic heterocycles. The summed E-state index contributed by atoms with van der Waals surface area (Å²) in [5, 5.41) is 9.93. The Balaban J connectivity index is 2.14. The van der Waals surface area contributed by atoms with E-state index in [-0.39, 0.29) is 17.7 Å². The second-order valence-corrected chi connectivity index (χ2v) is 6.51. The number of rotatable bonds is 4. The van der Waals surface area contributed by atoms with Gasteiger partial charge >= 0.3 is 5.97 Å². The number of benzene rings is 1. The maximum Gasteiger partial charge on any atom is 0.336 e. The zero-order chi connectivity index (χ0) is 16.6. The van der Waals surface area contributed by atoms with Crippen LogP contribution in [-0.2, 0) is 13.0 Å². The zero-order valence-electron chi connectivity index (χ0n) is 12.9. The monoisotopic (exact) mass is 328 g/mol. The third-order valence-electron chi connectivity index (χ3n) is 3.92. The van der Waals surface area contributed by atoms with E-state index in [1.54, 1.807) is 24.3 Å². The third kappa shape index (κ3) is 2.66. The number of thiophene rings is 1. The largest absolute Gasteiger partial charge is 0.478 e. The van der Waals surface area contributed by atoms with Crippen molar-refractivity contribution in [1.29, 1.82) is 0 Å². The highest BCUT2D eigenvalue weighted by Gasteiger charge is 2.15. The molecule has 3 rings (SSSR count). The van der Waals surface area contributed by atoms with Crippen LogP contribution in [0.3, 0.4) is 0 Å². The van der Waals surface area contributed by atoms with Crippen molar-refractivity contribution < 1.29 is 9.90 Å². The molecule has 0 unspecified atom stereocenters. The standard InChI is InChI=1S/C17H16N2O3S/c1-3-12-10(2)23-15-14(12)16(20)19(9-18-15)8-11-6-4-5-7-13(11)17(21)22/h4-7,9H,3,8H2,1-2H3,(H,21,22). The lowest BCUT2D eigenvalue weighted by atomic mass is 10.1. The lowest BCUT2D eigenvalue weighted by Crippen LogP contribution is -2.22. The molecule has 6 heteroatoms. The molecule has 0 amide bonds. The first-order valence-corrected chi connectivity index (χ1v) is 8.13. The second kappa shape index (κ2) is 5.96. The molecule has 2 aromatic heterocycles. The van der Waals surface area contributed by atoms with Crippen LogP contribution >= 0.6 is 11.3 Å². The summed E-state index contributed by atoms with van der Waals surface area (Å²) in [6.45, 7) is 4.21. The van der Waals surface area contributed by atoms with Gasteiger partial charge in [0.15, 0.2) is 0 Å². The molecular weight excluding hydrogens is 312 g/mol. The summed E-state index contributed by atoms with van der Waals surface area (Å²) in [4.78, 5) is 30.3. The van der Waals surface area contributed by atoms with Crippen molar-refractivity contribution in [3.63, 3.8) is 0 Å². The van der Waals surface area contributed by atoms with Crippen molar-refractivity contribution in [1.82, 2.24) is 9.55 Å². The van der Waals surface area contributed by atoms with Crippen LogP contribution in [0.25, 0.3) is 10.2 Å². The number of aromatic nitrogens is 2. The highest BCUT2D eigenvalue weighted by Crippen LogP contribution is 2.27. The van der Waals surface area contributed by atoms with E-state index in [1.807, 2.05) is 13.8 Å². The highest BCUT2D eigenvalue weighted by molar-refractivity contribution is 7.18. The topological polar surface area (TPSA) is 72.2 Å². The van der Waals surface area contributed by atoms with Gasteiger partial charge in [-0.2, -0.15) is 0 Å². The summed E-state index contributed by atoms with van der Waals surface area (Å²) < 4.78 is 1.48. The van der Waals surface area contributed by atoms with Crippen molar-refractivity contribution in [2.24, 2.45) is 0 Å². The Morgan fingerprint density at radius 3 is 2.78 bits per heavy atom. The van der Waals surface area contributed by atoms with Crippen LogP contribution < -0.4 is 5.56 Å². The van der Waals surface area contributed by atoms with Crippen molar-refractivity contribution in [3.05, 3.63) is 62.5 Å². The Morgan fingerprint density at radius 1 is 1.35 bits per heavy atom. The molecule has 0 bridgehead atoms. The molecule has 1 aromatic carbocycles. The molecule has 23 heavy (non-hydrogen) atoms. The summed E-state index contributed by atoms with van der Waals surface area (Å²) in [7, 11) is 0. The van der Waals surface area contributed by atoms with Crippen molar-refractivity contribution in [3.8, 4) is 0 Å². The molecule has 5 nitrogen and oxygen atoms in total. The number of carbonyl (C=O) groups is 1. The van der Waals surface area contributed by atoms with E-state index in [1.165, 1.54) is 22.2 Å². The number of fused-ring (bicyclic) bond motifs is 1. The number of aryl methyl sites for hydroxylation is 2. The smallest absolute Gasteiger partial charge is 0.336 e. The van der Waals surface area contributed by atoms with Crippen LogP contribution in [0.1, 0.15) is 33.3 Å². The van der Waals surface area contributed by atoms with Gasteiger partial charge in [0.1, 0.15) is 4.83 Å². The van der Waals surface area contributed by atoms with Gasteiger partial charge in [-0.1, -0.05) is 25.1 Å². The molecule has 0 spiro atoms. The minimum atomic E-state index is -0.997. The Labute approximate surface area is 136 Å². The van der Waals surface area contributed by atoms with Crippen LogP contribution in [0.2, 0.25) is 0 Å². The highest BCUT2D eigenvalue weighted by atomic mass is 32.1. The van der Waals surface area contributed by atoms with Gasteiger partial charge in [0, 0.05) is 4.88 Å². The predicted molar refractivity (Wildman–Crippen MR) is 90.5 cm³/mol. The van der Waals surface area contributed by atoms with Gasteiger partial charge in [-0.3, -0.25) is 9.36 Å². The third-order valence-corrected chi connectivity index (χ3v) is 4.98. The molecule has 0 aliphatic carbocycles. The van der Waals surface area contributed by atoms with Gasteiger partial charge in [-0.25, -0.2) is 9.78 Å². The first kappa shape index (κ1) is 15.4. The Kier molecular flexibility index (Phi) is 4.00. The van der Waals surface area contributed by atoms with E-state index in [0.29, 0.717) is 10.9 Å². The van der Waals surface area contributed by atoms with E-state index in [2.05, 4.69) is 4.98 Å². The van der Waals surface area contributed by atoms with E-state index in [4.69, 9.17) is 0 Å². The van der Waals surface area contributed by atoms with Crippen LogP contribution in [0.5, 0.6) is 0 Å². The van der Waals surface area contributed by atoms with Crippen LogP contribution in [0.15, 0.2) is 35.4 Å². The molecule has 0 saturated carbocycles. The summed E-state index contributed by atoms with van der Waals surface area (Å²) >= 11 is 1.52. The average molecular weight is 328 g/mol. The fourth-order valence-corrected chi connectivity index (χ4v) is 3.85. The predicted octanol–water partition coefficient (Wildman–Crippen LogP) is 3.08. The average Bonchev–Trinajstić information content (AvgIpc) is 2.86. The molecule has 1 N–H and O–H groups in total. The molecule has 118 valence electrons. The molecule has 2 heterocycles. The summed E-state index contributed by atoms with van der Waals surface area (Å²) in [6, 6.07) is 6.71. The lowest BCUT2D eigenvalue weighted by Gasteiger charge is -2.08. The summed E-state index contributed by atoms with van der Waals surface area (Å²) in [5.41, 5.74) is 1.71. The molecule has 0 fully saturated rings. The minimum Gasteiger partial charge on any atom is -0.478 e. The quantitative estimate of drug-likeness (QED) is 0.799. The van der Waals surface area contributed by atoms with Crippen molar-refractivity contribution in [2.75, 3.05) is 0 Å². The molecule has 0 aliphatic rings. The minimum absolute atomic E-state index is 0.114. The Hall–Kier alpha value is -2.47. The van der Waals surface area contributed by atoms with Crippen LogP contribution in [0, 0.1) is 6.92 Å². The second-order valence-electron chi connectivity index (χ2n) is 5.31. The van der Waals surface area contributed by atoms with E-state index in [0.717, 1.165) is 21.7 Å². The number of aromatic carboxylic acids is 1. The maximum atomic E-state index is 12.8. The van der Waals surface area contributed by atoms with Gasteiger partial charge in [0.2, 0.25) is 0 Å². The molecule has 0 saturated heterocycles. The number of hydrogen-bond acceptors (Lipinski definition) is 4. The number of carboxylic acids is 1. The number of hydrogen-bond donors (Lipinski definition) is 1. The number of carboxylic acid groups (broad SMARTS) is 1. The van der Waals surface area contributed by atoms with E-state index >= 15 is 0 Å². The van der Waals surface area contributed by atoms with Crippen LogP contribution in [0.4, 0.5) is 0 Å². The Morgan fingerprint density at radius 2 is 2.09 bits per heavy atom. The molecule has 3 aromatic rings. The normalized spacial score (nSPS) is 11.0. The number of nitrogens with zero attached hydrogens (tertiary/aromatic N) is 2. The molecule has 0 radical (unpaired) electrons. The lowest BCUT2D eigenvalue weighted by molar-refractivity contribution is 0.0695. The molecule has 0 atom stereocenters. The van der Waals surface area contributed by atoms with E-state index < -0.39 is 5.97 Å². The fraction of sp³-hybridized carbons (Fsp3) is 0.235. The maximum absolute atomic E-state index is 12.8. The van der Waals surface area contributed by atoms with Gasteiger partial charge in [0.25, 0.3) is 5.56 Å². The van der Waals surface area contributed by atoms with Crippen molar-refractivity contribution >= 4 is 27.5 Å². The SMILES string of the molecule is CCc1c(C)sc2ncn(Cc3ccccc3C(=O)O)c(=O)c12. The fourth-order valence-electron chi connectivity index (χ4n) is 2.78. The first-order valence-electron chi connectivity index (χ1n) is 7.31. The summed E-state index contributed by atoms with van der Waals surface area (Å²) in [5.74, 6) is -0.997. The van der Waals surface area contributed by atoms with Gasteiger partial charge < -0.3 is 5.11 Å². The van der Waals surface area contributed by atoms with Gasteiger partial charge in [0.05, 0.1) is 23.8 Å².